The number of hydrogen-bond acceptors (Lipinski definition) is 5. The van der Waals surface area contributed by atoms with E-state index in [9.17, 15) is 18.0 Å². The van der Waals surface area contributed by atoms with Crippen LogP contribution in [0.15, 0.2) is 48.7 Å². The van der Waals surface area contributed by atoms with Crippen molar-refractivity contribution in [3.05, 3.63) is 77.0 Å². The fourth-order valence-electron chi connectivity index (χ4n) is 4.79. The molecule has 0 aliphatic carbocycles. The molecular formula is C27H24F4N4O3. The summed E-state index contributed by atoms with van der Waals surface area (Å²) in [4.78, 5) is 17.9. The minimum atomic E-state index is -5.05. The van der Waals surface area contributed by atoms with E-state index in [4.69, 9.17) is 4.74 Å². The number of amides is 1. The van der Waals surface area contributed by atoms with Gasteiger partial charge in [-0.2, -0.15) is 5.10 Å². The Morgan fingerprint density at radius 2 is 1.95 bits per heavy atom. The molecule has 0 saturated heterocycles. The molecule has 0 radical (unpaired) electrons. The van der Waals surface area contributed by atoms with Crippen LogP contribution in [0.3, 0.4) is 0 Å². The smallest absolute Gasteiger partial charge is 0.493 e. The first-order valence-corrected chi connectivity index (χ1v) is 12.0. The van der Waals surface area contributed by atoms with E-state index in [1.54, 1.807) is 6.92 Å². The molecule has 0 bridgehead atoms. The van der Waals surface area contributed by atoms with Crippen LogP contribution in [0.2, 0.25) is 0 Å². The van der Waals surface area contributed by atoms with Crippen molar-refractivity contribution in [2.24, 2.45) is 0 Å². The topological polar surface area (TPSA) is 77.8 Å². The zero-order chi connectivity index (χ0) is 27.2. The van der Waals surface area contributed by atoms with Crippen molar-refractivity contribution >= 4 is 11.6 Å². The molecule has 1 amide bonds. The molecule has 3 heterocycles. The summed E-state index contributed by atoms with van der Waals surface area (Å²) in [5.74, 6) is -1.97. The molecule has 7 nitrogen and oxygen atoms in total. The third-order valence-electron chi connectivity index (χ3n) is 6.37. The molecule has 2 aromatic carbocycles. The summed E-state index contributed by atoms with van der Waals surface area (Å²) < 4.78 is 64.5. The van der Waals surface area contributed by atoms with Crippen LogP contribution in [-0.2, 0) is 0 Å². The summed E-state index contributed by atoms with van der Waals surface area (Å²) in [6.07, 6.45) is -3.06. The number of carbonyl (C=O) groups is 1. The maximum absolute atomic E-state index is 15.2. The van der Waals surface area contributed by atoms with Crippen molar-refractivity contribution in [2.75, 3.05) is 6.61 Å². The lowest BCUT2D eigenvalue weighted by molar-refractivity contribution is -0.275. The van der Waals surface area contributed by atoms with Crippen LogP contribution in [0, 0.1) is 12.7 Å². The Hall–Kier alpha value is -4.15. The van der Waals surface area contributed by atoms with Crippen molar-refractivity contribution in [3.63, 3.8) is 0 Å². The second-order valence-electron chi connectivity index (χ2n) is 9.27. The van der Waals surface area contributed by atoms with Gasteiger partial charge in [0.1, 0.15) is 5.75 Å². The number of nitrogens with zero attached hydrogens (tertiary/aromatic N) is 3. The molecule has 0 fully saturated rings. The minimum Gasteiger partial charge on any atom is -0.493 e. The molecule has 11 heteroatoms. The summed E-state index contributed by atoms with van der Waals surface area (Å²) in [5.41, 5.74) is 2.31. The summed E-state index contributed by atoms with van der Waals surface area (Å²) in [5, 5.41) is 7.57. The van der Waals surface area contributed by atoms with E-state index in [2.05, 4.69) is 20.1 Å². The van der Waals surface area contributed by atoms with Gasteiger partial charge < -0.3 is 14.8 Å². The minimum absolute atomic E-state index is 0.141. The quantitative estimate of drug-likeness (QED) is 0.316. The van der Waals surface area contributed by atoms with E-state index in [0.717, 1.165) is 11.6 Å². The molecule has 0 unspecified atom stereocenters. The standard InChI is InChI=1S/C27H24F4N4O3/c1-14(2)24-18(26(36)33-19-11-12-37-20-9-5-4-7-16(19)20)13-32-25-22(15(3)34-35(24)25)17-8-6-10-21(23(17)28)38-27(29,30)31/h4-10,13-14,19H,11-12H2,1-3H3,(H,33,36)/t19-/m0/s1. The van der Waals surface area contributed by atoms with E-state index in [1.165, 1.54) is 22.8 Å². The number of carbonyl (C=O) groups excluding carboxylic acids is 1. The Balaban J connectivity index is 1.57. The molecule has 0 spiro atoms. The molecule has 38 heavy (non-hydrogen) atoms. The first-order chi connectivity index (χ1) is 18.0. The molecule has 198 valence electrons. The number of aryl methyl sites for hydroxylation is 1. The van der Waals surface area contributed by atoms with E-state index in [0.29, 0.717) is 35.7 Å². The number of ether oxygens (including phenoxy) is 2. The first-order valence-electron chi connectivity index (χ1n) is 12.0. The van der Waals surface area contributed by atoms with Crippen molar-refractivity contribution in [1.29, 1.82) is 0 Å². The van der Waals surface area contributed by atoms with Gasteiger partial charge in [-0.1, -0.05) is 44.2 Å². The summed E-state index contributed by atoms with van der Waals surface area (Å²) >= 11 is 0. The zero-order valence-electron chi connectivity index (χ0n) is 20.8. The molecule has 1 atom stereocenters. The highest BCUT2D eigenvalue weighted by atomic mass is 19.4. The monoisotopic (exact) mass is 528 g/mol. The number of rotatable bonds is 5. The normalized spacial score (nSPS) is 15.3. The van der Waals surface area contributed by atoms with Crippen LogP contribution < -0.4 is 14.8 Å². The lowest BCUT2D eigenvalue weighted by Crippen LogP contribution is -2.33. The zero-order valence-corrected chi connectivity index (χ0v) is 20.8. The number of nitrogens with one attached hydrogen (secondary N) is 1. The first kappa shape index (κ1) is 25.5. The van der Waals surface area contributed by atoms with Crippen molar-refractivity contribution in [3.8, 4) is 22.6 Å². The van der Waals surface area contributed by atoms with Gasteiger partial charge in [0.05, 0.1) is 35.2 Å². The van der Waals surface area contributed by atoms with Crippen LogP contribution in [0.4, 0.5) is 17.6 Å². The predicted octanol–water partition coefficient (Wildman–Crippen LogP) is 6.12. The van der Waals surface area contributed by atoms with E-state index < -0.39 is 17.9 Å². The van der Waals surface area contributed by atoms with Crippen LogP contribution in [0.25, 0.3) is 16.8 Å². The van der Waals surface area contributed by atoms with Crippen LogP contribution in [0.1, 0.15) is 59.5 Å². The number of alkyl halides is 3. The number of halogens is 4. The highest BCUT2D eigenvalue weighted by Gasteiger charge is 2.34. The van der Waals surface area contributed by atoms with Gasteiger partial charge >= 0.3 is 6.36 Å². The maximum atomic E-state index is 15.2. The van der Waals surface area contributed by atoms with Gasteiger partial charge in [0.15, 0.2) is 17.2 Å². The number of fused-ring (bicyclic) bond motifs is 2. The highest BCUT2D eigenvalue weighted by molar-refractivity contribution is 5.96. The number of para-hydroxylation sites is 1. The Morgan fingerprint density at radius 1 is 1.18 bits per heavy atom. The fourth-order valence-corrected chi connectivity index (χ4v) is 4.79. The van der Waals surface area contributed by atoms with Gasteiger partial charge in [0.25, 0.3) is 5.91 Å². The van der Waals surface area contributed by atoms with Crippen molar-refractivity contribution in [2.45, 2.75) is 45.5 Å². The van der Waals surface area contributed by atoms with Crippen LogP contribution >= 0.6 is 0 Å². The van der Waals surface area contributed by atoms with E-state index in [1.807, 2.05) is 38.1 Å². The number of aromatic nitrogens is 3. The third kappa shape index (κ3) is 4.64. The molecular weight excluding hydrogens is 504 g/mol. The number of hydrogen-bond donors (Lipinski definition) is 1. The molecule has 0 saturated carbocycles. The number of benzene rings is 2. The van der Waals surface area contributed by atoms with E-state index >= 15 is 4.39 Å². The summed E-state index contributed by atoms with van der Waals surface area (Å²) in [6.45, 7) is 5.82. The second-order valence-corrected chi connectivity index (χ2v) is 9.27. The third-order valence-corrected chi connectivity index (χ3v) is 6.37. The molecule has 2 aromatic heterocycles. The van der Waals surface area contributed by atoms with Gasteiger partial charge in [-0.3, -0.25) is 4.79 Å². The van der Waals surface area contributed by atoms with Crippen molar-refractivity contribution < 1.29 is 31.8 Å². The van der Waals surface area contributed by atoms with Crippen LogP contribution in [-0.4, -0.2) is 33.5 Å². The summed E-state index contributed by atoms with van der Waals surface area (Å²) in [7, 11) is 0. The summed E-state index contributed by atoms with van der Waals surface area (Å²) in [6, 6.07) is 10.7. The Labute approximate surface area is 215 Å². The largest absolute Gasteiger partial charge is 0.573 e. The second kappa shape index (κ2) is 9.62. The molecule has 1 aliphatic rings. The predicted molar refractivity (Wildman–Crippen MR) is 131 cm³/mol. The van der Waals surface area contributed by atoms with Crippen molar-refractivity contribution in [1.82, 2.24) is 19.9 Å². The van der Waals surface area contributed by atoms with Gasteiger partial charge in [-0.25, -0.2) is 13.9 Å². The Morgan fingerprint density at radius 3 is 2.68 bits per heavy atom. The average molecular weight is 529 g/mol. The Bertz CT molecular complexity index is 1530. The maximum Gasteiger partial charge on any atom is 0.573 e. The SMILES string of the molecule is Cc1nn2c(C(C)C)c(C(=O)N[C@H]3CCOc4ccccc43)cnc2c1-c1cccc(OC(F)(F)F)c1F. The highest BCUT2D eigenvalue weighted by Crippen LogP contribution is 2.37. The molecule has 4 aromatic rings. The van der Waals surface area contributed by atoms with Gasteiger partial charge in [0, 0.05) is 23.7 Å². The Kier molecular flexibility index (Phi) is 6.46. The average Bonchev–Trinajstić information content (AvgIpc) is 3.19. The molecule has 1 aliphatic heterocycles. The fraction of sp³-hybridized carbons (Fsp3) is 0.296. The molecule has 1 N–H and O–H groups in total. The van der Waals surface area contributed by atoms with E-state index in [-0.39, 0.29) is 34.6 Å². The van der Waals surface area contributed by atoms with Gasteiger partial charge in [-0.15, -0.1) is 13.2 Å². The molecule has 5 rings (SSSR count). The van der Waals surface area contributed by atoms with Crippen LogP contribution in [0.5, 0.6) is 11.5 Å². The van der Waals surface area contributed by atoms with Gasteiger partial charge in [0.2, 0.25) is 0 Å². The lowest BCUT2D eigenvalue weighted by Gasteiger charge is -2.27. The van der Waals surface area contributed by atoms with Gasteiger partial charge in [-0.05, 0) is 25.0 Å². The lowest BCUT2D eigenvalue weighted by atomic mass is 9.99.